The zero-order valence-corrected chi connectivity index (χ0v) is 20.4. The molecule has 2 aromatic heterocycles. The topological polar surface area (TPSA) is 75.2 Å². The Hall–Kier alpha value is -2.80. The monoisotopic (exact) mass is 462 g/mol. The van der Waals surface area contributed by atoms with Gasteiger partial charge in [-0.25, -0.2) is 4.98 Å². The second-order valence-corrected chi connectivity index (χ2v) is 11.3. The maximum absolute atomic E-state index is 13.0. The molecule has 172 valence electrons. The standard InChI is InChI=1S/C26H30N4O2S/c1-25(2)21(26(25,3)4)24(32)30-12-9-16(10-13-30)23-29-20(15-33-23)22(31)28-18-7-8-19-17(14-18)6-5-11-27-19/h5-8,11,14-16,21H,9-10,12-13H2,1-4H3,(H,28,31). The predicted octanol–water partition coefficient (Wildman–Crippen LogP) is 5.33. The van der Waals surface area contributed by atoms with Gasteiger partial charge in [0.15, 0.2) is 0 Å². The van der Waals surface area contributed by atoms with E-state index in [2.05, 4.69) is 43.0 Å². The van der Waals surface area contributed by atoms with Gasteiger partial charge in [0.1, 0.15) is 5.69 Å². The molecule has 2 amide bonds. The molecular weight excluding hydrogens is 432 g/mol. The lowest BCUT2D eigenvalue weighted by Crippen LogP contribution is -2.39. The molecule has 0 unspecified atom stereocenters. The molecule has 1 saturated heterocycles. The zero-order valence-electron chi connectivity index (χ0n) is 19.6. The zero-order chi connectivity index (χ0) is 23.4. The number of fused-ring (bicyclic) bond motifs is 1. The summed E-state index contributed by atoms with van der Waals surface area (Å²) in [5.41, 5.74) is 2.21. The molecule has 2 fully saturated rings. The van der Waals surface area contributed by atoms with Crippen molar-refractivity contribution in [3.05, 3.63) is 52.6 Å². The summed E-state index contributed by atoms with van der Waals surface area (Å²) >= 11 is 1.54. The quantitative estimate of drug-likeness (QED) is 0.568. The molecule has 1 N–H and O–H groups in total. The normalized spacial score (nSPS) is 20.1. The fraction of sp³-hybridized carbons (Fsp3) is 0.462. The van der Waals surface area contributed by atoms with Crippen molar-refractivity contribution in [3.63, 3.8) is 0 Å². The van der Waals surface area contributed by atoms with Crippen LogP contribution in [0.4, 0.5) is 5.69 Å². The molecule has 33 heavy (non-hydrogen) atoms. The van der Waals surface area contributed by atoms with Gasteiger partial charge in [-0.3, -0.25) is 14.6 Å². The lowest BCUT2D eigenvalue weighted by Gasteiger charge is -2.31. The highest BCUT2D eigenvalue weighted by molar-refractivity contribution is 7.10. The average Bonchev–Trinajstić information content (AvgIpc) is 3.13. The van der Waals surface area contributed by atoms with Crippen LogP contribution in [-0.4, -0.2) is 39.8 Å². The summed E-state index contributed by atoms with van der Waals surface area (Å²) in [4.78, 5) is 36.8. The van der Waals surface area contributed by atoms with E-state index in [1.807, 2.05) is 40.6 Å². The van der Waals surface area contributed by atoms with Crippen molar-refractivity contribution < 1.29 is 9.59 Å². The molecule has 0 radical (unpaired) electrons. The van der Waals surface area contributed by atoms with Gasteiger partial charge in [-0.1, -0.05) is 33.8 Å². The Labute approximate surface area is 198 Å². The van der Waals surface area contributed by atoms with Gasteiger partial charge in [0.05, 0.1) is 10.5 Å². The van der Waals surface area contributed by atoms with Crippen LogP contribution in [0.25, 0.3) is 10.9 Å². The van der Waals surface area contributed by atoms with E-state index in [4.69, 9.17) is 0 Å². The highest BCUT2D eigenvalue weighted by Crippen LogP contribution is 2.68. The van der Waals surface area contributed by atoms with Gasteiger partial charge in [0.2, 0.25) is 5.91 Å². The van der Waals surface area contributed by atoms with Crippen molar-refractivity contribution in [2.75, 3.05) is 18.4 Å². The highest BCUT2D eigenvalue weighted by atomic mass is 32.1. The van der Waals surface area contributed by atoms with Crippen LogP contribution in [0.3, 0.4) is 0 Å². The number of aromatic nitrogens is 2. The molecule has 1 aromatic carbocycles. The molecule has 3 heterocycles. The number of piperidine rings is 1. The molecule has 1 saturated carbocycles. The first-order chi connectivity index (χ1) is 15.7. The second kappa shape index (κ2) is 7.90. The molecule has 6 nitrogen and oxygen atoms in total. The third-order valence-corrected chi connectivity index (χ3v) is 9.05. The number of pyridine rings is 1. The Morgan fingerprint density at radius 3 is 2.52 bits per heavy atom. The minimum absolute atomic E-state index is 0.0695. The number of hydrogen-bond donors (Lipinski definition) is 1. The Morgan fingerprint density at radius 2 is 1.82 bits per heavy atom. The van der Waals surface area contributed by atoms with Crippen LogP contribution in [0.2, 0.25) is 0 Å². The molecule has 0 atom stereocenters. The minimum Gasteiger partial charge on any atom is -0.342 e. The third-order valence-electron chi connectivity index (χ3n) is 8.04. The summed E-state index contributed by atoms with van der Waals surface area (Å²) in [7, 11) is 0. The first kappa shape index (κ1) is 22.0. The SMILES string of the molecule is CC1(C)C(C(=O)N2CCC(c3nc(C(=O)Nc4ccc5ncccc5c4)cs3)CC2)C1(C)C. The molecule has 1 aliphatic heterocycles. The first-order valence-electron chi connectivity index (χ1n) is 11.6. The number of benzene rings is 1. The van der Waals surface area contributed by atoms with Gasteiger partial charge in [-0.15, -0.1) is 11.3 Å². The number of nitrogens with zero attached hydrogens (tertiary/aromatic N) is 3. The van der Waals surface area contributed by atoms with Crippen molar-refractivity contribution in [3.8, 4) is 0 Å². The van der Waals surface area contributed by atoms with E-state index in [-0.39, 0.29) is 22.7 Å². The Morgan fingerprint density at radius 1 is 1.09 bits per heavy atom. The fourth-order valence-corrected chi connectivity index (χ4v) is 6.24. The van der Waals surface area contributed by atoms with E-state index in [0.29, 0.717) is 17.5 Å². The van der Waals surface area contributed by atoms with E-state index in [1.54, 1.807) is 6.20 Å². The van der Waals surface area contributed by atoms with Crippen LogP contribution < -0.4 is 5.32 Å². The van der Waals surface area contributed by atoms with Crippen LogP contribution >= 0.6 is 11.3 Å². The fourth-order valence-electron chi connectivity index (χ4n) is 5.27. The molecule has 2 aliphatic rings. The second-order valence-electron chi connectivity index (χ2n) is 10.4. The van der Waals surface area contributed by atoms with Crippen LogP contribution in [-0.2, 0) is 4.79 Å². The van der Waals surface area contributed by atoms with Crippen LogP contribution in [0.15, 0.2) is 41.9 Å². The lowest BCUT2D eigenvalue weighted by atomic mass is 9.96. The predicted molar refractivity (Wildman–Crippen MR) is 131 cm³/mol. The molecule has 0 bridgehead atoms. The lowest BCUT2D eigenvalue weighted by molar-refractivity contribution is -0.134. The Bertz CT molecular complexity index is 1210. The molecule has 0 spiro atoms. The van der Waals surface area contributed by atoms with Gasteiger partial charge < -0.3 is 10.2 Å². The number of rotatable bonds is 4. The number of hydrogen-bond acceptors (Lipinski definition) is 5. The summed E-state index contributed by atoms with van der Waals surface area (Å²) in [5.74, 6) is 0.509. The minimum atomic E-state index is -0.202. The van der Waals surface area contributed by atoms with Crippen LogP contribution in [0.5, 0.6) is 0 Å². The van der Waals surface area contributed by atoms with Gasteiger partial charge in [0.25, 0.3) is 5.91 Å². The number of carbonyl (C=O) groups excluding carboxylic acids is 2. The van der Waals surface area contributed by atoms with Gasteiger partial charge in [-0.2, -0.15) is 0 Å². The number of thiazole rings is 1. The average molecular weight is 463 g/mol. The highest BCUT2D eigenvalue weighted by Gasteiger charge is 2.68. The Balaban J connectivity index is 1.19. The number of nitrogens with one attached hydrogen (secondary N) is 1. The van der Waals surface area contributed by atoms with Crippen LogP contribution in [0, 0.1) is 16.7 Å². The summed E-state index contributed by atoms with van der Waals surface area (Å²) in [5, 5.41) is 6.75. The number of anilines is 1. The summed E-state index contributed by atoms with van der Waals surface area (Å²) in [6, 6.07) is 9.53. The van der Waals surface area contributed by atoms with Gasteiger partial charge in [0, 0.05) is 47.6 Å². The molecular formula is C26H30N4O2S. The van der Waals surface area contributed by atoms with Crippen molar-refractivity contribution in [2.45, 2.75) is 46.5 Å². The van der Waals surface area contributed by atoms with Crippen molar-refractivity contribution in [1.82, 2.24) is 14.9 Å². The van der Waals surface area contributed by atoms with Crippen molar-refractivity contribution in [1.29, 1.82) is 0 Å². The van der Waals surface area contributed by atoms with E-state index in [1.165, 1.54) is 11.3 Å². The largest absolute Gasteiger partial charge is 0.342 e. The smallest absolute Gasteiger partial charge is 0.275 e. The summed E-state index contributed by atoms with van der Waals surface area (Å²) < 4.78 is 0. The summed E-state index contributed by atoms with van der Waals surface area (Å²) in [6.45, 7) is 10.3. The van der Waals surface area contributed by atoms with E-state index in [0.717, 1.165) is 47.5 Å². The molecule has 3 aromatic rings. The first-order valence-corrected chi connectivity index (χ1v) is 12.5. The maximum atomic E-state index is 13.0. The van der Waals surface area contributed by atoms with Crippen LogP contribution in [0.1, 0.15) is 62.0 Å². The van der Waals surface area contributed by atoms with Crippen molar-refractivity contribution >= 4 is 39.7 Å². The number of amides is 2. The van der Waals surface area contributed by atoms with E-state index in [9.17, 15) is 9.59 Å². The number of carbonyl (C=O) groups is 2. The Kier molecular flexibility index (Phi) is 5.27. The molecule has 1 aliphatic carbocycles. The van der Waals surface area contributed by atoms with E-state index < -0.39 is 0 Å². The molecule has 5 rings (SSSR count). The van der Waals surface area contributed by atoms with Gasteiger partial charge in [-0.05, 0) is 47.9 Å². The third kappa shape index (κ3) is 3.82. The van der Waals surface area contributed by atoms with Crippen molar-refractivity contribution in [2.24, 2.45) is 16.7 Å². The molecule has 7 heteroatoms. The number of likely N-dealkylation sites (tertiary alicyclic amines) is 1. The van der Waals surface area contributed by atoms with E-state index >= 15 is 0 Å². The maximum Gasteiger partial charge on any atom is 0.275 e. The van der Waals surface area contributed by atoms with Gasteiger partial charge >= 0.3 is 0 Å². The summed E-state index contributed by atoms with van der Waals surface area (Å²) in [6.07, 6.45) is 3.54.